The van der Waals surface area contributed by atoms with Crippen LogP contribution in [0, 0.1) is 0 Å². The van der Waals surface area contributed by atoms with Crippen LogP contribution in [0.1, 0.15) is 32.7 Å². The average molecular weight is 420 g/mol. The molecule has 5 nitrogen and oxygen atoms in total. The van der Waals surface area contributed by atoms with E-state index in [4.69, 9.17) is 0 Å². The maximum absolute atomic E-state index is 12.8. The van der Waals surface area contributed by atoms with Gasteiger partial charge in [-0.2, -0.15) is 0 Å². The molecular weight excluding hydrogens is 394 g/mol. The number of nitrogens with one attached hydrogen (secondary N) is 2. The molecule has 6 heteroatoms. The Kier molecular flexibility index (Phi) is 5.97. The molecule has 4 rings (SSSR count). The van der Waals surface area contributed by atoms with Gasteiger partial charge in [0.2, 0.25) is 0 Å². The predicted octanol–water partition coefficient (Wildman–Crippen LogP) is 4.77. The normalized spacial score (nSPS) is 12.8. The molecule has 2 N–H and O–H groups in total. The topological polar surface area (TPSA) is 61.4 Å². The third-order valence-electron chi connectivity index (χ3n) is 5.26. The van der Waals surface area contributed by atoms with Crippen LogP contribution in [-0.4, -0.2) is 43.8 Å². The van der Waals surface area contributed by atoms with Crippen molar-refractivity contribution in [3.8, 4) is 10.4 Å². The fourth-order valence-corrected chi connectivity index (χ4v) is 4.49. The highest BCUT2D eigenvalue weighted by Crippen LogP contribution is 2.38. The van der Waals surface area contributed by atoms with Crippen LogP contribution in [0.2, 0.25) is 0 Å². The van der Waals surface area contributed by atoms with Gasteiger partial charge in [0.05, 0.1) is 5.69 Å². The van der Waals surface area contributed by atoms with Gasteiger partial charge in [-0.05, 0) is 73.4 Å². The van der Waals surface area contributed by atoms with Crippen molar-refractivity contribution in [2.75, 3.05) is 37.8 Å². The predicted molar refractivity (Wildman–Crippen MR) is 124 cm³/mol. The van der Waals surface area contributed by atoms with Crippen molar-refractivity contribution in [2.24, 2.45) is 0 Å². The third kappa shape index (κ3) is 4.30. The molecule has 0 radical (unpaired) electrons. The molecule has 3 aromatic rings. The zero-order valence-corrected chi connectivity index (χ0v) is 18.0. The van der Waals surface area contributed by atoms with Crippen LogP contribution in [-0.2, 0) is 6.42 Å². The molecule has 0 bridgehead atoms. The van der Waals surface area contributed by atoms with E-state index in [-0.39, 0.29) is 11.7 Å². The highest BCUT2D eigenvalue weighted by molar-refractivity contribution is 7.13. The van der Waals surface area contributed by atoms with Gasteiger partial charge in [-0.25, -0.2) is 0 Å². The molecule has 154 valence electrons. The molecule has 1 amide bonds. The van der Waals surface area contributed by atoms with Crippen LogP contribution in [0.4, 0.5) is 11.4 Å². The highest BCUT2D eigenvalue weighted by atomic mass is 32.1. The number of likely N-dealkylation sites (N-methyl/N-ethyl adjacent to an activating group) is 1. The molecule has 1 heterocycles. The summed E-state index contributed by atoms with van der Waals surface area (Å²) >= 11 is 1.66. The summed E-state index contributed by atoms with van der Waals surface area (Å²) in [6.07, 6.45) is 1.21. The number of rotatable bonds is 7. The van der Waals surface area contributed by atoms with E-state index in [9.17, 15) is 9.59 Å². The van der Waals surface area contributed by atoms with Crippen LogP contribution in [0.3, 0.4) is 0 Å². The Morgan fingerprint density at radius 2 is 1.87 bits per heavy atom. The number of fused-ring (bicyclic) bond motifs is 1. The van der Waals surface area contributed by atoms with Crippen molar-refractivity contribution in [2.45, 2.75) is 12.8 Å². The molecule has 1 aliphatic carbocycles. The number of amides is 1. The number of thiophene rings is 1. The quantitative estimate of drug-likeness (QED) is 0.579. The second-order valence-electron chi connectivity index (χ2n) is 7.68. The molecule has 0 aliphatic heterocycles. The Morgan fingerprint density at radius 1 is 1.07 bits per heavy atom. The van der Waals surface area contributed by atoms with E-state index in [0.29, 0.717) is 23.2 Å². The lowest BCUT2D eigenvalue weighted by molar-refractivity contribution is 0.0995. The van der Waals surface area contributed by atoms with E-state index in [0.717, 1.165) is 41.2 Å². The Hall–Kier alpha value is -2.96. The molecule has 30 heavy (non-hydrogen) atoms. The Morgan fingerprint density at radius 3 is 2.57 bits per heavy atom. The number of hydrogen-bond donors (Lipinski definition) is 2. The lowest BCUT2D eigenvalue weighted by Gasteiger charge is -2.14. The minimum absolute atomic E-state index is 0.0964. The van der Waals surface area contributed by atoms with Gasteiger partial charge in [0.25, 0.3) is 5.91 Å². The minimum atomic E-state index is -0.208. The first-order valence-electron chi connectivity index (χ1n) is 10.1. The number of ketones is 1. The zero-order valence-electron chi connectivity index (χ0n) is 17.2. The third-order valence-corrected chi connectivity index (χ3v) is 6.17. The molecule has 0 unspecified atom stereocenters. The zero-order chi connectivity index (χ0) is 21.1. The molecule has 0 saturated carbocycles. The SMILES string of the molecule is CN(C)CCNc1ccc(C(=O)Nc2ccc(-c3cccs3)c3c2C(=O)CC3)cc1. The number of carbonyl (C=O) groups is 2. The molecule has 1 aromatic heterocycles. The molecule has 0 spiro atoms. The largest absolute Gasteiger partial charge is 0.384 e. The fourth-order valence-electron chi connectivity index (χ4n) is 3.71. The summed E-state index contributed by atoms with van der Waals surface area (Å²) in [7, 11) is 4.06. The van der Waals surface area contributed by atoms with Crippen molar-refractivity contribution < 1.29 is 9.59 Å². The van der Waals surface area contributed by atoms with Gasteiger partial charge in [0, 0.05) is 41.2 Å². The van der Waals surface area contributed by atoms with E-state index in [1.807, 2.05) is 49.8 Å². The van der Waals surface area contributed by atoms with Crippen molar-refractivity contribution >= 4 is 34.4 Å². The molecule has 0 saturated heterocycles. The Labute approximate surface area is 180 Å². The van der Waals surface area contributed by atoms with E-state index < -0.39 is 0 Å². The van der Waals surface area contributed by atoms with Gasteiger partial charge in [-0.1, -0.05) is 12.1 Å². The smallest absolute Gasteiger partial charge is 0.255 e. The first-order valence-corrected chi connectivity index (χ1v) is 10.9. The van der Waals surface area contributed by atoms with Crippen molar-refractivity contribution in [1.29, 1.82) is 0 Å². The van der Waals surface area contributed by atoms with Gasteiger partial charge < -0.3 is 15.5 Å². The maximum Gasteiger partial charge on any atom is 0.255 e. The summed E-state index contributed by atoms with van der Waals surface area (Å²) in [6, 6.07) is 15.3. The first-order chi connectivity index (χ1) is 14.5. The van der Waals surface area contributed by atoms with E-state index in [1.165, 1.54) is 0 Å². The van der Waals surface area contributed by atoms with Crippen molar-refractivity contribution in [3.63, 3.8) is 0 Å². The van der Waals surface area contributed by atoms with Crippen LogP contribution in [0.15, 0.2) is 53.9 Å². The summed E-state index contributed by atoms with van der Waals surface area (Å²) in [6.45, 7) is 1.77. The average Bonchev–Trinajstić information content (AvgIpc) is 3.39. The number of carbonyl (C=O) groups excluding carboxylic acids is 2. The van der Waals surface area contributed by atoms with Gasteiger partial charge in [0.15, 0.2) is 5.78 Å². The summed E-state index contributed by atoms with van der Waals surface area (Å²) in [5.41, 5.74) is 4.94. The number of benzene rings is 2. The van der Waals surface area contributed by atoms with Gasteiger partial charge >= 0.3 is 0 Å². The lowest BCUT2D eigenvalue weighted by Crippen LogP contribution is -2.20. The number of hydrogen-bond acceptors (Lipinski definition) is 5. The summed E-state index contributed by atoms with van der Waals surface area (Å²) in [5, 5.41) is 8.32. The van der Waals surface area contributed by atoms with Crippen LogP contribution in [0.5, 0.6) is 0 Å². The highest BCUT2D eigenvalue weighted by Gasteiger charge is 2.27. The van der Waals surface area contributed by atoms with E-state index >= 15 is 0 Å². The standard InChI is InChI=1S/C24H25N3O2S/c1-27(2)14-13-25-17-7-5-16(6-8-17)24(29)26-20-11-9-18(22-4-3-15-30-22)19-10-12-21(28)23(19)20/h3-9,11,15,25H,10,12-14H2,1-2H3,(H,26,29). The second kappa shape index (κ2) is 8.81. The molecule has 1 aliphatic rings. The van der Waals surface area contributed by atoms with Crippen LogP contribution < -0.4 is 10.6 Å². The fraction of sp³-hybridized carbons (Fsp3) is 0.250. The number of anilines is 2. The first kappa shape index (κ1) is 20.3. The molecule has 0 atom stereocenters. The molecule has 2 aromatic carbocycles. The summed E-state index contributed by atoms with van der Waals surface area (Å²) in [4.78, 5) is 28.6. The van der Waals surface area contributed by atoms with Gasteiger partial charge in [-0.3, -0.25) is 9.59 Å². The van der Waals surface area contributed by atoms with Crippen molar-refractivity contribution in [1.82, 2.24) is 4.90 Å². The summed E-state index contributed by atoms with van der Waals surface area (Å²) < 4.78 is 0. The summed E-state index contributed by atoms with van der Waals surface area (Å²) in [5.74, 6) is -0.111. The molecular formula is C24H25N3O2S. The number of nitrogens with zero attached hydrogens (tertiary/aromatic N) is 1. The van der Waals surface area contributed by atoms with E-state index in [1.54, 1.807) is 23.5 Å². The Bertz CT molecular complexity index is 1060. The number of Topliss-reactive ketones (excluding diaryl/α,β-unsaturated/α-hetero) is 1. The van der Waals surface area contributed by atoms with Crippen LogP contribution >= 0.6 is 11.3 Å². The van der Waals surface area contributed by atoms with Crippen molar-refractivity contribution in [3.05, 3.63) is 70.6 Å². The van der Waals surface area contributed by atoms with E-state index in [2.05, 4.69) is 21.6 Å². The monoisotopic (exact) mass is 419 g/mol. The second-order valence-corrected chi connectivity index (χ2v) is 8.62. The maximum atomic E-state index is 12.8. The van der Waals surface area contributed by atoms with Gasteiger partial charge in [0.1, 0.15) is 0 Å². The van der Waals surface area contributed by atoms with Gasteiger partial charge in [-0.15, -0.1) is 11.3 Å². The molecule has 0 fully saturated rings. The Balaban J connectivity index is 1.51. The van der Waals surface area contributed by atoms with Crippen LogP contribution in [0.25, 0.3) is 10.4 Å². The lowest BCUT2D eigenvalue weighted by atomic mass is 10.00. The minimum Gasteiger partial charge on any atom is -0.384 e.